The van der Waals surface area contributed by atoms with Crippen molar-refractivity contribution < 1.29 is 4.52 Å². The highest BCUT2D eigenvalue weighted by Gasteiger charge is 2.19. The van der Waals surface area contributed by atoms with Crippen molar-refractivity contribution in [2.75, 3.05) is 6.54 Å². The molecule has 1 aromatic rings. The van der Waals surface area contributed by atoms with E-state index in [9.17, 15) is 0 Å². The zero-order valence-corrected chi connectivity index (χ0v) is 6.99. The van der Waals surface area contributed by atoms with Crippen LogP contribution in [0.4, 0.5) is 0 Å². The van der Waals surface area contributed by atoms with E-state index in [0.29, 0.717) is 0 Å². The molecular weight excluding hydrogens is 154 g/mol. The van der Waals surface area contributed by atoms with Gasteiger partial charge in [-0.1, -0.05) is 18.0 Å². The first-order valence-corrected chi connectivity index (χ1v) is 4.41. The van der Waals surface area contributed by atoms with Crippen LogP contribution in [-0.4, -0.2) is 16.7 Å². The lowest BCUT2D eigenvalue weighted by molar-refractivity contribution is 0.407. The van der Waals surface area contributed by atoms with Crippen LogP contribution in [0.5, 0.6) is 0 Å². The number of rotatable bonds is 5. The summed E-state index contributed by atoms with van der Waals surface area (Å²) >= 11 is 0. The minimum absolute atomic E-state index is 0.725. The molecule has 0 spiro atoms. The first-order valence-electron chi connectivity index (χ1n) is 4.41. The van der Waals surface area contributed by atoms with Crippen molar-refractivity contribution in [2.45, 2.75) is 25.8 Å². The largest absolute Gasteiger partial charge is 0.343 e. The van der Waals surface area contributed by atoms with Crippen LogP contribution >= 0.6 is 0 Å². The maximum Gasteiger partial charge on any atom is 0.213 e. The molecule has 0 bridgehead atoms. The zero-order valence-electron chi connectivity index (χ0n) is 6.99. The summed E-state index contributed by atoms with van der Waals surface area (Å²) in [5.41, 5.74) is 0. The monoisotopic (exact) mass is 167 g/mol. The molecule has 4 nitrogen and oxygen atoms in total. The van der Waals surface area contributed by atoms with Crippen LogP contribution in [0, 0.1) is 5.92 Å². The van der Waals surface area contributed by atoms with E-state index < -0.39 is 0 Å². The third kappa shape index (κ3) is 2.30. The molecule has 1 heterocycles. The van der Waals surface area contributed by atoms with Gasteiger partial charge in [0.2, 0.25) is 6.39 Å². The van der Waals surface area contributed by atoms with Crippen LogP contribution in [0.3, 0.4) is 0 Å². The minimum atomic E-state index is 0.725. The van der Waals surface area contributed by atoms with Gasteiger partial charge in [0.15, 0.2) is 5.82 Å². The molecule has 0 radical (unpaired) electrons. The van der Waals surface area contributed by atoms with E-state index in [1.165, 1.54) is 25.7 Å². The van der Waals surface area contributed by atoms with E-state index in [1.807, 2.05) is 0 Å². The zero-order chi connectivity index (χ0) is 8.23. The Morgan fingerprint density at radius 3 is 3.17 bits per heavy atom. The van der Waals surface area contributed by atoms with E-state index in [4.69, 9.17) is 0 Å². The van der Waals surface area contributed by atoms with Crippen molar-refractivity contribution in [3.63, 3.8) is 0 Å². The Labute approximate surface area is 71.4 Å². The van der Waals surface area contributed by atoms with Crippen LogP contribution in [0.2, 0.25) is 0 Å². The maximum absolute atomic E-state index is 4.60. The van der Waals surface area contributed by atoms with Gasteiger partial charge in [0.1, 0.15) is 0 Å². The van der Waals surface area contributed by atoms with Gasteiger partial charge in [-0.15, -0.1) is 0 Å². The predicted molar refractivity (Wildman–Crippen MR) is 43.3 cm³/mol. The fraction of sp³-hybridized carbons (Fsp3) is 0.750. The molecule has 0 unspecified atom stereocenters. The third-order valence-corrected chi connectivity index (χ3v) is 2.12. The number of nitrogens with zero attached hydrogens (tertiary/aromatic N) is 2. The summed E-state index contributed by atoms with van der Waals surface area (Å²) in [4.78, 5) is 3.91. The molecular formula is C8H13N3O. The molecule has 1 fully saturated rings. The molecule has 12 heavy (non-hydrogen) atoms. The average Bonchev–Trinajstić information content (AvgIpc) is 2.76. The lowest BCUT2D eigenvalue weighted by Crippen LogP contribution is -2.15. The van der Waals surface area contributed by atoms with Crippen LogP contribution < -0.4 is 5.32 Å². The standard InChI is InChI=1S/C8H13N3O/c1-2-7(1)3-4-9-5-8-10-6-12-11-8/h6-7,9H,1-5H2. The molecule has 4 heteroatoms. The minimum Gasteiger partial charge on any atom is -0.343 e. The van der Waals surface area contributed by atoms with Gasteiger partial charge in [0.05, 0.1) is 6.54 Å². The lowest BCUT2D eigenvalue weighted by Gasteiger charge is -1.98. The number of hydrogen-bond donors (Lipinski definition) is 1. The Balaban J connectivity index is 1.56. The highest BCUT2D eigenvalue weighted by Crippen LogP contribution is 2.31. The van der Waals surface area contributed by atoms with E-state index >= 15 is 0 Å². The second-order valence-corrected chi connectivity index (χ2v) is 3.26. The molecule has 1 N–H and O–H groups in total. The van der Waals surface area contributed by atoms with Crippen molar-refractivity contribution >= 4 is 0 Å². The van der Waals surface area contributed by atoms with Gasteiger partial charge in [-0.3, -0.25) is 0 Å². The summed E-state index contributed by atoms with van der Waals surface area (Å²) in [6.45, 7) is 1.79. The quantitative estimate of drug-likeness (QED) is 0.663. The first-order chi connectivity index (χ1) is 5.95. The highest BCUT2D eigenvalue weighted by atomic mass is 16.5. The molecule has 1 aromatic heterocycles. The van der Waals surface area contributed by atoms with Crippen molar-refractivity contribution in [1.82, 2.24) is 15.5 Å². The summed E-state index contributed by atoms with van der Waals surface area (Å²) in [6, 6.07) is 0. The van der Waals surface area contributed by atoms with Crippen molar-refractivity contribution in [3.8, 4) is 0 Å². The Morgan fingerprint density at radius 2 is 2.50 bits per heavy atom. The Bertz CT molecular complexity index is 218. The van der Waals surface area contributed by atoms with Crippen molar-refractivity contribution in [1.29, 1.82) is 0 Å². The van der Waals surface area contributed by atoms with Crippen LogP contribution in [0.15, 0.2) is 10.9 Å². The van der Waals surface area contributed by atoms with Crippen LogP contribution in [0.25, 0.3) is 0 Å². The molecule has 0 aromatic carbocycles. The number of aromatic nitrogens is 2. The van der Waals surface area contributed by atoms with Gasteiger partial charge >= 0.3 is 0 Å². The smallest absolute Gasteiger partial charge is 0.213 e. The molecule has 1 aliphatic carbocycles. The van der Waals surface area contributed by atoms with E-state index in [1.54, 1.807) is 0 Å². The molecule has 0 amide bonds. The first kappa shape index (κ1) is 7.73. The average molecular weight is 167 g/mol. The number of hydrogen-bond acceptors (Lipinski definition) is 4. The third-order valence-electron chi connectivity index (χ3n) is 2.12. The van der Waals surface area contributed by atoms with Crippen LogP contribution in [0.1, 0.15) is 25.1 Å². The van der Waals surface area contributed by atoms with Crippen molar-refractivity contribution in [2.24, 2.45) is 5.92 Å². The Morgan fingerprint density at radius 1 is 1.58 bits per heavy atom. The molecule has 0 aliphatic heterocycles. The lowest BCUT2D eigenvalue weighted by atomic mass is 10.3. The SMILES string of the molecule is c1nc(CNCCC2CC2)no1. The van der Waals surface area contributed by atoms with Crippen LogP contribution in [-0.2, 0) is 6.54 Å². The topological polar surface area (TPSA) is 51.0 Å². The Kier molecular flexibility index (Phi) is 2.36. The fourth-order valence-electron chi connectivity index (χ4n) is 1.18. The van der Waals surface area contributed by atoms with E-state index in [2.05, 4.69) is 20.0 Å². The maximum atomic E-state index is 4.60. The molecule has 2 rings (SSSR count). The normalized spacial score (nSPS) is 16.7. The summed E-state index contributed by atoms with van der Waals surface area (Å²) < 4.78 is 4.60. The summed E-state index contributed by atoms with van der Waals surface area (Å²) in [7, 11) is 0. The second-order valence-electron chi connectivity index (χ2n) is 3.26. The van der Waals surface area contributed by atoms with Gasteiger partial charge in [-0.2, -0.15) is 4.98 Å². The molecule has 0 saturated heterocycles. The molecule has 66 valence electrons. The molecule has 1 aliphatic rings. The molecule has 0 atom stereocenters. The van der Waals surface area contributed by atoms with E-state index in [-0.39, 0.29) is 0 Å². The van der Waals surface area contributed by atoms with E-state index in [0.717, 1.165) is 24.8 Å². The number of nitrogens with one attached hydrogen (secondary N) is 1. The predicted octanol–water partition coefficient (Wildman–Crippen LogP) is 0.959. The second kappa shape index (κ2) is 3.67. The van der Waals surface area contributed by atoms with Gasteiger partial charge in [-0.05, 0) is 18.9 Å². The van der Waals surface area contributed by atoms with Gasteiger partial charge in [0.25, 0.3) is 0 Å². The highest BCUT2D eigenvalue weighted by molar-refractivity contribution is 4.78. The van der Waals surface area contributed by atoms with Crippen molar-refractivity contribution in [3.05, 3.63) is 12.2 Å². The van der Waals surface area contributed by atoms with Gasteiger partial charge in [0, 0.05) is 0 Å². The molecule has 1 saturated carbocycles. The fourth-order valence-corrected chi connectivity index (χ4v) is 1.18. The summed E-state index contributed by atoms with van der Waals surface area (Å²) in [5.74, 6) is 1.73. The Hall–Kier alpha value is -0.900. The summed E-state index contributed by atoms with van der Waals surface area (Å²) in [5, 5.41) is 6.97. The van der Waals surface area contributed by atoms with Gasteiger partial charge in [-0.25, -0.2) is 0 Å². The van der Waals surface area contributed by atoms with Gasteiger partial charge < -0.3 is 9.84 Å². The summed E-state index contributed by atoms with van der Waals surface area (Å²) in [6.07, 6.45) is 5.49.